The van der Waals surface area contributed by atoms with Gasteiger partial charge in [-0.05, 0) is 18.4 Å². The molecule has 5 nitrogen and oxygen atoms in total. The monoisotopic (exact) mass is 452 g/mol. The van der Waals surface area contributed by atoms with Gasteiger partial charge in [0.1, 0.15) is 23.5 Å². The number of aryl methyl sites for hydroxylation is 1. The number of carbonyl (C=O) groups excluding carboxylic acids is 1. The van der Waals surface area contributed by atoms with Crippen molar-refractivity contribution in [2.45, 2.75) is 25.7 Å². The van der Waals surface area contributed by atoms with Crippen molar-refractivity contribution in [3.05, 3.63) is 62.6 Å². The third-order valence-electron chi connectivity index (χ3n) is 6.46. The molecule has 0 aliphatic carbocycles. The van der Waals surface area contributed by atoms with E-state index in [4.69, 9.17) is 4.74 Å². The van der Waals surface area contributed by atoms with Gasteiger partial charge in [-0.3, -0.25) is 9.59 Å². The molecule has 1 amide bonds. The molecule has 1 unspecified atom stereocenters. The molecule has 3 aromatic rings. The minimum absolute atomic E-state index is 0.000393. The van der Waals surface area contributed by atoms with E-state index < -0.39 is 23.7 Å². The smallest absolute Gasteiger partial charge is 0.373 e. The second-order valence-corrected chi connectivity index (χ2v) is 8.76. The van der Waals surface area contributed by atoms with Gasteiger partial charge < -0.3 is 14.6 Å². The number of pyridine rings is 1. The van der Waals surface area contributed by atoms with E-state index in [2.05, 4.69) is 4.98 Å². The van der Waals surface area contributed by atoms with Gasteiger partial charge in [0.25, 0.3) is 11.5 Å². The third kappa shape index (κ3) is 3.99. The fraction of sp³-hybridized carbons (Fsp3) is 0.273. The van der Waals surface area contributed by atoms with Crippen LogP contribution in [0.4, 0.5) is 13.2 Å². The zero-order chi connectivity index (χ0) is 24.2. The number of hydrogen-bond donors (Lipinski definition) is 1. The number of alkyl halides is 3. The van der Waals surface area contributed by atoms with Crippen LogP contribution in [0.25, 0.3) is 10.8 Å². The summed E-state index contributed by atoms with van der Waals surface area (Å²) in [6.45, 7) is 2.35. The molecule has 0 fully saturated rings. The minimum atomic E-state index is -4.49. The molecular formula is C22H22B3F3N2O3. The fourth-order valence-electron chi connectivity index (χ4n) is 4.70. The van der Waals surface area contributed by atoms with Gasteiger partial charge >= 0.3 is 6.18 Å². The Hall–Kier alpha value is -2.94. The predicted octanol–water partition coefficient (Wildman–Crippen LogP) is -1.03. The minimum Gasteiger partial charge on any atom is -0.373 e. The summed E-state index contributed by atoms with van der Waals surface area (Å²) in [5, 5.41) is 1.29. The summed E-state index contributed by atoms with van der Waals surface area (Å²) in [5.74, 6) is -0.417. The Labute approximate surface area is 191 Å². The van der Waals surface area contributed by atoms with Crippen molar-refractivity contribution >= 4 is 56.6 Å². The Morgan fingerprint density at radius 1 is 1.09 bits per heavy atom. The van der Waals surface area contributed by atoms with Crippen LogP contribution in [0.2, 0.25) is 0 Å². The molecule has 0 saturated heterocycles. The van der Waals surface area contributed by atoms with Crippen molar-refractivity contribution in [3.63, 3.8) is 0 Å². The first-order valence-electron chi connectivity index (χ1n) is 10.6. The molecule has 1 aromatic heterocycles. The number of benzene rings is 2. The van der Waals surface area contributed by atoms with E-state index in [0.717, 1.165) is 22.0 Å². The van der Waals surface area contributed by atoms with Crippen molar-refractivity contribution in [1.29, 1.82) is 0 Å². The van der Waals surface area contributed by atoms with Crippen molar-refractivity contribution < 1.29 is 22.7 Å². The largest absolute Gasteiger partial charge is 0.415 e. The van der Waals surface area contributed by atoms with Crippen LogP contribution in [0.15, 0.2) is 29.1 Å². The highest BCUT2D eigenvalue weighted by molar-refractivity contribution is 6.40. The van der Waals surface area contributed by atoms with Gasteiger partial charge in [0, 0.05) is 34.8 Å². The van der Waals surface area contributed by atoms with Crippen LogP contribution < -0.4 is 21.9 Å². The Balaban J connectivity index is 1.81. The van der Waals surface area contributed by atoms with Crippen LogP contribution in [0.3, 0.4) is 0 Å². The first kappa shape index (κ1) is 23.2. The van der Waals surface area contributed by atoms with E-state index in [1.807, 2.05) is 26.9 Å². The van der Waals surface area contributed by atoms with Gasteiger partial charge in [0.15, 0.2) is 0 Å². The average Bonchev–Trinajstić information content (AvgIpc) is 2.72. The maximum absolute atomic E-state index is 13.4. The number of nitrogens with zero attached hydrogens (tertiary/aromatic N) is 1. The van der Waals surface area contributed by atoms with Gasteiger partial charge in [-0.25, -0.2) is 0 Å². The highest BCUT2D eigenvalue weighted by Gasteiger charge is 2.35. The number of rotatable bonds is 2. The number of aromatic nitrogens is 1. The molecule has 1 aliphatic rings. The topological polar surface area (TPSA) is 62.4 Å². The summed E-state index contributed by atoms with van der Waals surface area (Å²) >= 11 is 0. The zero-order valence-corrected chi connectivity index (χ0v) is 19.1. The van der Waals surface area contributed by atoms with Gasteiger partial charge in [-0.1, -0.05) is 40.2 Å². The molecule has 0 radical (unpaired) electrons. The number of H-pyrrole nitrogens is 1. The number of ether oxygens (including phenoxy) is 1. The molecule has 0 bridgehead atoms. The van der Waals surface area contributed by atoms with Crippen LogP contribution in [0, 0.1) is 6.92 Å². The number of halogens is 3. The van der Waals surface area contributed by atoms with E-state index in [-0.39, 0.29) is 35.3 Å². The normalized spacial score (nSPS) is 16.0. The van der Waals surface area contributed by atoms with Gasteiger partial charge in [-0.15, -0.1) is 0 Å². The van der Waals surface area contributed by atoms with E-state index >= 15 is 0 Å². The maximum atomic E-state index is 13.4. The highest BCUT2D eigenvalue weighted by Crippen LogP contribution is 2.33. The molecule has 2 heterocycles. The Morgan fingerprint density at radius 3 is 2.33 bits per heavy atom. The van der Waals surface area contributed by atoms with Crippen LogP contribution in [0.5, 0.6) is 0 Å². The van der Waals surface area contributed by atoms with Crippen LogP contribution in [-0.2, 0) is 17.5 Å². The molecule has 11 heteroatoms. The number of nitrogens with one attached hydrogen (secondary N) is 1. The second-order valence-electron chi connectivity index (χ2n) is 8.76. The standard InChI is InChI=1S/C22H22B3F3N2O3/c1-9-3-12-11(6-13(9)23)18-16(29-20(12)31)7-33-8-17(18)30(2)21(32)10-4-14(24)19(15(25)5-10)22(26,27)28/h3-6,17H,7-8,23-25H2,1-2H3,(H,29,31). The van der Waals surface area contributed by atoms with E-state index in [1.165, 1.54) is 32.7 Å². The maximum Gasteiger partial charge on any atom is 0.415 e. The number of hydrogen-bond acceptors (Lipinski definition) is 3. The summed E-state index contributed by atoms with van der Waals surface area (Å²) in [4.78, 5) is 30.4. The molecule has 1 atom stereocenters. The van der Waals surface area contributed by atoms with Gasteiger partial charge in [0.2, 0.25) is 0 Å². The number of amides is 1. The molecule has 168 valence electrons. The Kier molecular flexibility index (Phi) is 5.72. The van der Waals surface area contributed by atoms with Crippen LogP contribution in [-0.4, -0.2) is 53.0 Å². The second kappa shape index (κ2) is 8.13. The lowest BCUT2D eigenvalue weighted by atomic mass is 9.79. The Bertz CT molecular complexity index is 1330. The van der Waals surface area contributed by atoms with Crippen molar-refractivity contribution in [1.82, 2.24) is 9.88 Å². The number of aromatic amines is 1. The third-order valence-corrected chi connectivity index (χ3v) is 6.46. The van der Waals surface area contributed by atoms with E-state index in [9.17, 15) is 22.8 Å². The van der Waals surface area contributed by atoms with Gasteiger partial charge in [-0.2, -0.15) is 13.2 Å². The fourth-order valence-corrected chi connectivity index (χ4v) is 4.70. The number of likely N-dealkylation sites (N-methyl/N-ethyl adjacent to an activating group) is 1. The lowest BCUT2D eigenvalue weighted by Crippen LogP contribution is -2.39. The summed E-state index contributed by atoms with van der Waals surface area (Å²) < 4.78 is 45.7. The lowest BCUT2D eigenvalue weighted by Gasteiger charge is -2.34. The van der Waals surface area contributed by atoms with Crippen LogP contribution >= 0.6 is 0 Å². The zero-order valence-electron chi connectivity index (χ0n) is 19.1. The van der Waals surface area contributed by atoms with E-state index in [0.29, 0.717) is 11.1 Å². The summed E-state index contributed by atoms with van der Waals surface area (Å²) in [6.07, 6.45) is -4.49. The molecule has 2 aromatic carbocycles. The van der Waals surface area contributed by atoms with Crippen molar-refractivity contribution in [3.8, 4) is 0 Å². The molecule has 33 heavy (non-hydrogen) atoms. The van der Waals surface area contributed by atoms with Crippen molar-refractivity contribution in [2.24, 2.45) is 0 Å². The first-order valence-corrected chi connectivity index (χ1v) is 10.6. The molecular weight excluding hydrogens is 430 g/mol. The summed E-state index contributed by atoms with van der Waals surface area (Å²) in [6, 6.07) is 5.82. The molecule has 1 aliphatic heterocycles. The predicted molar refractivity (Wildman–Crippen MR) is 130 cm³/mol. The quantitative estimate of drug-likeness (QED) is 0.507. The van der Waals surface area contributed by atoms with E-state index in [1.54, 1.807) is 7.05 Å². The molecule has 0 spiro atoms. The summed E-state index contributed by atoms with van der Waals surface area (Å²) in [5.41, 5.74) is 2.64. The van der Waals surface area contributed by atoms with Gasteiger partial charge in [0.05, 0.1) is 19.3 Å². The average molecular weight is 452 g/mol. The highest BCUT2D eigenvalue weighted by atomic mass is 19.4. The summed E-state index contributed by atoms with van der Waals surface area (Å²) in [7, 11) is 6.27. The Morgan fingerprint density at radius 2 is 1.73 bits per heavy atom. The molecule has 1 N–H and O–H groups in total. The first-order chi connectivity index (χ1) is 15.4. The molecule has 4 rings (SSSR count). The molecule has 0 saturated carbocycles. The number of fused-ring (bicyclic) bond motifs is 3. The van der Waals surface area contributed by atoms with Crippen LogP contribution in [0.1, 0.15) is 38.8 Å². The number of carbonyl (C=O) groups is 1. The lowest BCUT2D eigenvalue weighted by molar-refractivity contribution is -0.135. The van der Waals surface area contributed by atoms with Crippen molar-refractivity contribution in [2.75, 3.05) is 13.7 Å². The SMILES string of the molecule is Bc1cc2c3c([nH]c(=O)c2cc1C)COCC3N(C)C(=O)c1cc(B)c(C(F)(F)F)c(B)c1.